The number of aromatic nitrogens is 3. The fourth-order valence-electron chi connectivity index (χ4n) is 2.64. The molecule has 1 saturated carbocycles. The number of anilines is 1. The van der Waals surface area contributed by atoms with Crippen LogP contribution in [0.5, 0.6) is 0 Å². The molecule has 2 N–H and O–H groups in total. The Kier molecular flexibility index (Phi) is 3.04. The number of hydrogen-bond donors (Lipinski definition) is 2. The second-order valence-electron chi connectivity index (χ2n) is 5.93. The topological polar surface area (TPSA) is 79.8 Å². The Hall–Kier alpha value is -2.89. The van der Waals surface area contributed by atoms with Crippen LogP contribution in [0.25, 0.3) is 22.2 Å². The third kappa shape index (κ3) is 2.52. The summed E-state index contributed by atoms with van der Waals surface area (Å²) in [6, 6.07) is 7.09. The molecule has 0 radical (unpaired) electrons. The molecule has 0 atom stereocenters. The minimum absolute atomic E-state index is 0.0432. The van der Waals surface area contributed by atoms with Crippen LogP contribution in [0.1, 0.15) is 12.8 Å². The van der Waals surface area contributed by atoms with E-state index >= 15 is 0 Å². The molecule has 1 fully saturated rings. The Morgan fingerprint density at radius 1 is 1.30 bits per heavy atom. The third-order valence-electron chi connectivity index (χ3n) is 4.13. The van der Waals surface area contributed by atoms with Gasteiger partial charge in [0.25, 0.3) is 0 Å². The summed E-state index contributed by atoms with van der Waals surface area (Å²) in [6.07, 6.45) is 5.60. The molecule has 0 aliphatic heterocycles. The molecule has 4 rings (SSSR count). The van der Waals surface area contributed by atoms with Crippen LogP contribution in [0.3, 0.4) is 0 Å². The Labute approximate surface area is 132 Å². The zero-order valence-corrected chi connectivity index (χ0v) is 12.7. The van der Waals surface area contributed by atoms with Crippen LogP contribution < -0.4 is 10.9 Å². The zero-order chi connectivity index (χ0) is 16.0. The van der Waals surface area contributed by atoms with Crippen LogP contribution >= 0.6 is 0 Å². The first kappa shape index (κ1) is 13.8. The number of H-pyrrole nitrogens is 1. The van der Waals surface area contributed by atoms with Gasteiger partial charge in [-0.25, -0.2) is 4.98 Å². The summed E-state index contributed by atoms with van der Waals surface area (Å²) in [6.45, 7) is 0. The van der Waals surface area contributed by atoms with Gasteiger partial charge in [0.15, 0.2) is 0 Å². The predicted molar refractivity (Wildman–Crippen MR) is 88.1 cm³/mol. The van der Waals surface area contributed by atoms with Crippen molar-refractivity contribution in [3.63, 3.8) is 0 Å². The lowest BCUT2D eigenvalue weighted by Gasteiger charge is -2.04. The largest absolute Gasteiger partial charge is 0.345 e. The minimum Gasteiger partial charge on any atom is -0.345 e. The standard InChI is InChI=1S/C17H16N4O2/c1-21-9-11(4-7-15(21)22)13-8-18-16-12(13)5-6-14(19-16)20-17(23)10-2-3-10/h4-10H,2-3H2,1H3,(H2,18,19,20,23). The van der Waals surface area contributed by atoms with Crippen molar-refractivity contribution in [3.05, 3.63) is 47.0 Å². The van der Waals surface area contributed by atoms with Crippen molar-refractivity contribution in [1.82, 2.24) is 14.5 Å². The highest BCUT2D eigenvalue weighted by atomic mass is 16.2. The molecule has 3 aromatic heterocycles. The van der Waals surface area contributed by atoms with Crippen LogP contribution in [0.2, 0.25) is 0 Å². The fourth-order valence-corrected chi connectivity index (χ4v) is 2.64. The Balaban J connectivity index is 1.70. The van der Waals surface area contributed by atoms with E-state index in [0.29, 0.717) is 11.5 Å². The van der Waals surface area contributed by atoms with Gasteiger partial charge in [-0.05, 0) is 31.0 Å². The van der Waals surface area contributed by atoms with Gasteiger partial charge in [-0.15, -0.1) is 0 Å². The summed E-state index contributed by atoms with van der Waals surface area (Å²) < 4.78 is 1.55. The number of nitrogens with one attached hydrogen (secondary N) is 2. The van der Waals surface area contributed by atoms with E-state index in [1.807, 2.05) is 18.3 Å². The van der Waals surface area contributed by atoms with Gasteiger partial charge in [0.2, 0.25) is 11.5 Å². The van der Waals surface area contributed by atoms with Crippen molar-refractivity contribution in [2.45, 2.75) is 12.8 Å². The Bertz CT molecular complexity index is 966. The lowest BCUT2D eigenvalue weighted by molar-refractivity contribution is -0.117. The smallest absolute Gasteiger partial charge is 0.250 e. The average molecular weight is 308 g/mol. The second-order valence-corrected chi connectivity index (χ2v) is 5.93. The Morgan fingerprint density at radius 3 is 2.87 bits per heavy atom. The number of aryl methyl sites for hydroxylation is 1. The van der Waals surface area contributed by atoms with Crippen LogP contribution in [0.15, 0.2) is 41.5 Å². The summed E-state index contributed by atoms with van der Waals surface area (Å²) >= 11 is 0. The van der Waals surface area contributed by atoms with Crippen molar-refractivity contribution in [2.75, 3.05) is 5.32 Å². The van der Waals surface area contributed by atoms with E-state index in [0.717, 1.165) is 29.4 Å². The van der Waals surface area contributed by atoms with Crippen LogP contribution in [-0.4, -0.2) is 20.4 Å². The first-order valence-corrected chi connectivity index (χ1v) is 7.58. The molecular formula is C17H16N4O2. The molecule has 0 saturated heterocycles. The fraction of sp³-hybridized carbons (Fsp3) is 0.235. The van der Waals surface area contributed by atoms with Gasteiger partial charge in [-0.3, -0.25) is 9.59 Å². The highest BCUT2D eigenvalue weighted by molar-refractivity contribution is 5.97. The normalized spacial score (nSPS) is 14.1. The van der Waals surface area contributed by atoms with Crippen molar-refractivity contribution in [3.8, 4) is 11.1 Å². The molecule has 3 aromatic rings. The first-order chi connectivity index (χ1) is 11.1. The second kappa shape index (κ2) is 5.08. The summed E-state index contributed by atoms with van der Waals surface area (Å²) in [5, 5.41) is 3.80. The van der Waals surface area contributed by atoms with E-state index in [9.17, 15) is 9.59 Å². The molecule has 1 aliphatic rings. The highest BCUT2D eigenvalue weighted by Gasteiger charge is 2.29. The van der Waals surface area contributed by atoms with Crippen molar-refractivity contribution in [1.29, 1.82) is 0 Å². The average Bonchev–Trinajstić information content (AvgIpc) is 3.31. The van der Waals surface area contributed by atoms with Crippen LogP contribution in [0, 0.1) is 5.92 Å². The van der Waals surface area contributed by atoms with E-state index in [1.165, 1.54) is 0 Å². The van der Waals surface area contributed by atoms with Gasteiger partial charge in [0.1, 0.15) is 11.5 Å². The van der Waals surface area contributed by atoms with Gasteiger partial charge >= 0.3 is 0 Å². The van der Waals surface area contributed by atoms with Gasteiger partial charge in [-0.1, -0.05) is 0 Å². The highest BCUT2D eigenvalue weighted by Crippen LogP contribution is 2.31. The maximum atomic E-state index is 11.8. The molecule has 116 valence electrons. The number of rotatable bonds is 3. The quantitative estimate of drug-likeness (QED) is 0.779. The number of pyridine rings is 2. The number of nitrogens with zero attached hydrogens (tertiary/aromatic N) is 2. The van der Waals surface area contributed by atoms with Crippen molar-refractivity contribution < 1.29 is 4.79 Å². The van der Waals surface area contributed by atoms with Crippen molar-refractivity contribution >= 4 is 22.8 Å². The SMILES string of the molecule is Cn1cc(-c2c[nH]c3nc(NC(=O)C4CC4)ccc23)ccc1=O. The summed E-state index contributed by atoms with van der Waals surface area (Å²) in [7, 11) is 1.73. The number of aromatic amines is 1. The number of amides is 1. The first-order valence-electron chi connectivity index (χ1n) is 7.58. The molecule has 6 nitrogen and oxygen atoms in total. The van der Waals surface area contributed by atoms with Gasteiger partial charge in [-0.2, -0.15) is 0 Å². The zero-order valence-electron chi connectivity index (χ0n) is 12.7. The van der Waals surface area contributed by atoms with Gasteiger partial charge < -0.3 is 14.9 Å². The molecule has 3 heterocycles. The van der Waals surface area contributed by atoms with E-state index < -0.39 is 0 Å². The summed E-state index contributed by atoms with van der Waals surface area (Å²) in [4.78, 5) is 30.9. The maximum Gasteiger partial charge on any atom is 0.250 e. The molecule has 0 unspecified atom stereocenters. The van der Waals surface area contributed by atoms with Crippen LogP contribution in [-0.2, 0) is 11.8 Å². The number of carbonyl (C=O) groups excluding carboxylic acids is 1. The molecule has 6 heteroatoms. The number of carbonyl (C=O) groups is 1. The van der Waals surface area contributed by atoms with E-state index in [4.69, 9.17) is 0 Å². The maximum absolute atomic E-state index is 11.8. The van der Waals surface area contributed by atoms with E-state index in [2.05, 4.69) is 15.3 Å². The molecule has 0 bridgehead atoms. The third-order valence-corrected chi connectivity index (χ3v) is 4.13. The van der Waals surface area contributed by atoms with Gasteiger partial charge in [0, 0.05) is 47.9 Å². The van der Waals surface area contributed by atoms with E-state index in [1.54, 1.807) is 29.9 Å². The molecule has 0 spiro atoms. The predicted octanol–water partition coefficient (Wildman–Crippen LogP) is 2.28. The number of fused-ring (bicyclic) bond motifs is 1. The molecule has 1 aliphatic carbocycles. The van der Waals surface area contributed by atoms with Crippen LogP contribution in [0.4, 0.5) is 5.82 Å². The lowest BCUT2D eigenvalue weighted by atomic mass is 10.1. The summed E-state index contributed by atoms with van der Waals surface area (Å²) in [5.41, 5.74) is 2.58. The lowest BCUT2D eigenvalue weighted by Crippen LogP contribution is -2.14. The number of hydrogen-bond acceptors (Lipinski definition) is 3. The summed E-state index contributed by atoms with van der Waals surface area (Å²) in [5.74, 6) is 0.752. The molecule has 0 aromatic carbocycles. The molecule has 23 heavy (non-hydrogen) atoms. The monoisotopic (exact) mass is 308 g/mol. The molecule has 1 amide bonds. The van der Waals surface area contributed by atoms with Crippen molar-refractivity contribution in [2.24, 2.45) is 13.0 Å². The van der Waals surface area contributed by atoms with E-state index in [-0.39, 0.29) is 17.4 Å². The van der Waals surface area contributed by atoms with Gasteiger partial charge in [0.05, 0.1) is 0 Å². The minimum atomic E-state index is -0.0446. The Morgan fingerprint density at radius 2 is 2.13 bits per heavy atom. The molecular weight excluding hydrogens is 292 g/mol.